The van der Waals surface area contributed by atoms with Crippen molar-refractivity contribution in [2.24, 2.45) is 5.10 Å². The van der Waals surface area contributed by atoms with E-state index in [1.54, 1.807) is 31.4 Å². The number of carbonyl (C=O) groups is 1. The molecule has 0 fully saturated rings. The normalized spacial score (nSPS) is 14.6. The van der Waals surface area contributed by atoms with Crippen LogP contribution >= 0.6 is 0 Å². The van der Waals surface area contributed by atoms with E-state index in [2.05, 4.69) is 15.6 Å². The van der Waals surface area contributed by atoms with Gasteiger partial charge in [-0.3, -0.25) is 9.59 Å². The number of hydrogen-bond acceptors (Lipinski definition) is 5. The van der Waals surface area contributed by atoms with Crippen LogP contribution < -0.4 is 15.7 Å². The molecule has 1 aliphatic rings. The Morgan fingerprint density at radius 3 is 2.76 bits per heavy atom. The summed E-state index contributed by atoms with van der Waals surface area (Å²) in [5, 5.41) is 9.64. The Morgan fingerprint density at radius 1 is 1.21 bits per heavy atom. The standard InChI is InChI=1S/C22H22N4O3/c1-3-26-22(28)18-9-5-4-8-17(18)20(25-26)21(27)24-23-19-10-6-7-14-13-15(29-2)11-12-16(14)19/h4-5,8-9,11-13H,3,6-7,10H2,1-2H3,(H,24,27)/b23-19-. The van der Waals surface area contributed by atoms with E-state index >= 15 is 0 Å². The van der Waals surface area contributed by atoms with Crippen LogP contribution in [0.3, 0.4) is 0 Å². The maximum absolute atomic E-state index is 12.9. The van der Waals surface area contributed by atoms with E-state index in [9.17, 15) is 9.59 Å². The van der Waals surface area contributed by atoms with Crippen molar-refractivity contribution >= 4 is 22.4 Å². The highest BCUT2D eigenvalue weighted by molar-refractivity contribution is 6.07. The Morgan fingerprint density at radius 2 is 2.00 bits per heavy atom. The predicted octanol–water partition coefficient (Wildman–Crippen LogP) is 2.90. The van der Waals surface area contributed by atoms with Crippen LogP contribution in [0.1, 0.15) is 41.4 Å². The second kappa shape index (κ2) is 7.87. The minimum atomic E-state index is -0.434. The fourth-order valence-electron chi connectivity index (χ4n) is 3.67. The van der Waals surface area contributed by atoms with Gasteiger partial charge >= 0.3 is 0 Å². The van der Waals surface area contributed by atoms with Gasteiger partial charge < -0.3 is 4.74 Å². The van der Waals surface area contributed by atoms with E-state index < -0.39 is 5.91 Å². The van der Waals surface area contributed by atoms with E-state index in [1.165, 1.54) is 4.68 Å². The lowest BCUT2D eigenvalue weighted by molar-refractivity contribution is 0.0949. The van der Waals surface area contributed by atoms with Gasteiger partial charge in [-0.15, -0.1) is 0 Å². The summed E-state index contributed by atoms with van der Waals surface area (Å²) < 4.78 is 6.60. The fourth-order valence-corrected chi connectivity index (χ4v) is 3.67. The highest BCUT2D eigenvalue weighted by Crippen LogP contribution is 2.25. The SMILES string of the molecule is CCn1nc(C(=O)N/N=C2/CCCc3cc(OC)ccc32)c2ccccc2c1=O. The van der Waals surface area contributed by atoms with Gasteiger partial charge in [-0.05, 0) is 56.0 Å². The van der Waals surface area contributed by atoms with Crippen LogP contribution in [0.15, 0.2) is 52.4 Å². The molecule has 0 bridgehead atoms. The molecule has 0 radical (unpaired) electrons. The Balaban J connectivity index is 1.68. The molecule has 1 N–H and O–H groups in total. The van der Waals surface area contributed by atoms with Crippen molar-refractivity contribution in [1.29, 1.82) is 0 Å². The summed E-state index contributed by atoms with van der Waals surface area (Å²) in [6, 6.07) is 12.9. The van der Waals surface area contributed by atoms with Crippen molar-refractivity contribution < 1.29 is 9.53 Å². The van der Waals surface area contributed by atoms with Crippen LogP contribution in [0, 0.1) is 0 Å². The Hall–Kier alpha value is -3.48. The highest BCUT2D eigenvalue weighted by atomic mass is 16.5. The zero-order valence-electron chi connectivity index (χ0n) is 16.4. The number of aryl methyl sites for hydroxylation is 2. The van der Waals surface area contributed by atoms with E-state index in [1.807, 2.05) is 25.1 Å². The molecule has 0 saturated carbocycles. The number of fused-ring (bicyclic) bond motifs is 2. The van der Waals surface area contributed by atoms with Crippen molar-refractivity contribution in [3.05, 3.63) is 69.6 Å². The summed E-state index contributed by atoms with van der Waals surface area (Å²) in [4.78, 5) is 25.3. The molecule has 4 rings (SSSR count). The van der Waals surface area contributed by atoms with Crippen molar-refractivity contribution in [3.63, 3.8) is 0 Å². The Labute approximate surface area is 168 Å². The first-order valence-corrected chi connectivity index (χ1v) is 9.66. The molecule has 1 aliphatic carbocycles. The van der Waals surface area contributed by atoms with Crippen molar-refractivity contribution in [2.75, 3.05) is 7.11 Å². The number of rotatable bonds is 4. The average Bonchev–Trinajstić information content (AvgIpc) is 2.77. The minimum Gasteiger partial charge on any atom is -0.497 e. The molecule has 1 aromatic heterocycles. The van der Waals surface area contributed by atoms with Gasteiger partial charge in [0.15, 0.2) is 5.69 Å². The summed E-state index contributed by atoms with van der Waals surface area (Å²) in [6.07, 6.45) is 2.69. The van der Waals surface area contributed by atoms with Crippen LogP contribution in [0.2, 0.25) is 0 Å². The molecule has 7 nitrogen and oxygen atoms in total. The van der Waals surface area contributed by atoms with Crippen LogP contribution in [-0.2, 0) is 13.0 Å². The molecule has 3 aromatic rings. The fraction of sp³-hybridized carbons (Fsp3) is 0.273. The first-order valence-electron chi connectivity index (χ1n) is 9.66. The molecule has 148 valence electrons. The van der Waals surface area contributed by atoms with Gasteiger partial charge in [0.05, 0.1) is 18.2 Å². The third kappa shape index (κ3) is 3.51. The first-order chi connectivity index (χ1) is 14.1. The highest BCUT2D eigenvalue weighted by Gasteiger charge is 2.19. The predicted molar refractivity (Wildman–Crippen MR) is 112 cm³/mol. The lowest BCUT2D eigenvalue weighted by Gasteiger charge is -2.18. The number of aromatic nitrogens is 2. The molecule has 0 unspecified atom stereocenters. The molecule has 0 aliphatic heterocycles. The monoisotopic (exact) mass is 390 g/mol. The van der Waals surface area contributed by atoms with E-state index in [4.69, 9.17) is 4.74 Å². The van der Waals surface area contributed by atoms with Gasteiger partial charge in [-0.1, -0.05) is 18.2 Å². The third-order valence-corrected chi connectivity index (χ3v) is 5.16. The maximum Gasteiger partial charge on any atom is 0.292 e. The zero-order valence-corrected chi connectivity index (χ0v) is 16.4. The maximum atomic E-state index is 12.9. The van der Waals surface area contributed by atoms with Gasteiger partial charge in [0, 0.05) is 17.5 Å². The molecule has 0 atom stereocenters. The lowest BCUT2D eigenvalue weighted by Crippen LogP contribution is -2.29. The molecular weight excluding hydrogens is 368 g/mol. The number of hydrazone groups is 1. The first kappa shape index (κ1) is 18.9. The van der Waals surface area contributed by atoms with Gasteiger partial charge in [0.25, 0.3) is 11.5 Å². The van der Waals surface area contributed by atoms with Crippen molar-refractivity contribution in [3.8, 4) is 5.75 Å². The summed E-state index contributed by atoms with van der Waals surface area (Å²) in [6.45, 7) is 2.20. The number of nitrogens with one attached hydrogen (secondary N) is 1. The number of amides is 1. The summed E-state index contributed by atoms with van der Waals surface area (Å²) >= 11 is 0. The molecule has 0 spiro atoms. The van der Waals surface area contributed by atoms with Gasteiger partial charge in [-0.2, -0.15) is 10.2 Å². The zero-order chi connectivity index (χ0) is 20.4. The second-order valence-electron chi connectivity index (χ2n) is 6.89. The molecule has 1 heterocycles. The summed E-state index contributed by atoms with van der Waals surface area (Å²) in [5.74, 6) is 0.378. The topological polar surface area (TPSA) is 85.6 Å². The molecule has 2 aromatic carbocycles. The number of nitrogens with zero attached hydrogens (tertiary/aromatic N) is 3. The van der Waals surface area contributed by atoms with Crippen LogP contribution in [0.25, 0.3) is 10.8 Å². The smallest absolute Gasteiger partial charge is 0.292 e. The van der Waals surface area contributed by atoms with Gasteiger partial charge in [0.2, 0.25) is 0 Å². The molecule has 1 amide bonds. The van der Waals surface area contributed by atoms with E-state index in [0.717, 1.165) is 41.9 Å². The summed E-state index contributed by atoms with van der Waals surface area (Å²) in [7, 11) is 1.65. The second-order valence-corrected chi connectivity index (χ2v) is 6.89. The number of carbonyl (C=O) groups excluding carboxylic acids is 1. The minimum absolute atomic E-state index is 0.192. The van der Waals surface area contributed by atoms with Crippen LogP contribution in [0.5, 0.6) is 5.75 Å². The molecule has 29 heavy (non-hydrogen) atoms. The van der Waals surface area contributed by atoms with Crippen LogP contribution in [0.4, 0.5) is 0 Å². The number of methoxy groups -OCH3 is 1. The molecular formula is C22H22N4O3. The van der Waals surface area contributed by atoms with Crippen molar-refractivity contribution in [2.45, 2.75) is 32.7 Å². The third-order valence-electron chi connectivity index (χ3n) is 5.16. The van der Waals surface area contributed by atoms with Crippen LogP contribution in [-0.4, -0.2) is 28.5 Å². The summed E-state index contributed by atoms with van der Waals surface area (Å²) in [5.41, 5.74) is 5.64. The van der Waals surface area contributed by atoms with E-state index in [0.29, 0.717) is 17.3 Å². The average molecular weight is 390 g/mol. The Kier molecular flexibility index (Phi) is 5.12. The number of ether oxygens (including phenoxy) is 1. The quantitative estimate of drug-likeness (QED) is 0.694. The lowest BCUT2D eigenvalue weighted by atomic mass is 9.90. The van der Waals surface area contributed by atoms with Gasteiger partial charge in [-0.25, -0.2) is 10.1 Å². The van der Waals surface area contributed by atoms with Crippen molar-refractivity contribution in [1.82, 2.24) is 15.2 Å². The van der Waals surface area contributed by atoms with E-state index in [-0.39, 0.29) is 11.3 Å². The molecule has 7 heteroatoms. The largest absolute Gasteiger partial charge is 0.497 e. The Bertz CT molecular complexity index is 1180. The van der Waals surface area contributed by atoms with Gasteiger partial charge in [0.1, 0.15) is 5.75 Å². The number of hydrogen-bond donors (Lipinski definition) is 1. The molecule has 0 saturated heterocycles. The number of benzene rings is 2.